The molecule has 5 heteroatoms. The standard InChI is InChI=1S/C13H17NO4/c1-8-6-9(2)11(18-3)10(7-8)4-5-14-12(15)13(16)17/h6-7H,4-5H2,1-3H3,(H,14,15)(H,16,17). The van der Waals surface area contributed by atoms with E-state index >= 15 is 0 Å². The predicted molar refractivity (Wildman–Crippen MR) is 66.8 cm³/mol. The third kappa shape index (κ3) is 3.48. The van der Waals surface area contributed by atoms with Gasteiger partial charge in [0.15, 0.2) is 0 Å². The van der Waals surface area contributed by atoms with Crippen molar-refractivity contribution < 1.29 is 19.4 Å². The summed E-state index contributed by atoms with van der Waals surface area (Å²) < 4.78 is 5.31. The van der Waals surface area contributed by atoms with E-state index in [0.29, 0.717) is 6.42 Å². The molecule has 1 rings (SSSR count). The van der Waals surface area contributed by atoms with E-state index in [9.17, 15) is 9.59 Å². The van der Waals surface area contributed by atoms with Crippen LogP contribution >= 0.6 is 0 Å². The zero-order valence-corrected chi connectivity index (χ0v) is 10.7. The molecule has 0 spiro atoms. The first-order valence-corrected chi connectivity index (χ1v) is 5.61. The van der Waals surface area contributed by atoms with Crippen LogP contribution in [0.3, 0.4) is 0 Å². The first kappa shape index (κ1) is 14.0. The predicted octanol–water partition coefficient (Wildman–Crippen LogP) is 1.06. The van der Waals surface area contributed by atoms with Crippen molar-refractivity contribution in [2.45, 2.75) is 20.3 Å². The number of rotatable bonds is 4. The smallest absolute Gasteiger partial charge is 0.394 e. The van der Waals surface area contributed by atoms with Gasteiger partial charge in [-0.15, -0.1) is 0 Å². The summed E-state index contributed by atoms with van der Waals surface area (Å²) in [5.41, 5.74) is 3.09. The number of nitrogens with one attached hydrogen (secondary N) is 1. The molecule has 1 amide bonds. The highest BCUT2D eigenvalue weighted by atomic mass is 16.5. The van der Waals surface area contributed by atoms with Gasteiger partial charge in [-0.2, -0.15) is 0 Å². The van der Waals surface area contributed by atoms with E-state index in [4.69, 9.17) is 9.84 Å². The van der Waals surface area contributed by atoms with Crippen LogP contribution < -0.4 is 10.1 Å². The minimum absolute atomic E-state index is 0.268. The van der Waals surface area contributed by atoms with Gasteiger partial charge >= 0.3 is 11.9 Å². The highest BCUT2D eigenvalue weighted by Gasteiger charge is 2.11. The molecule has 0 unspecified atom stereocenters. The summed E-state index contributed by atoms with van der Waals surface area (Å²) in [4.78, 5) is 21.2. The van der Waals surface area contributed by atoms with E-state index < -0.39 is 11.9 Å². The summed E-state index contributed by atoms with van der Waals surface area (Å²) in [5, 5.41) is 10.8. The van der Waals surface area contributed by atoms with Gasteiger partial charge in [-0.25, -0.2) is 4.79 Å². The molecular formula is C13H17NO4. The number of aryl methyl sites for hydroxylation is 2. The van der Waals surface area contributed by atoms with Crippen LogP contribution in [0.25, 0.3) is 0 Å². The lowest BCUT2D eigenvalue weighted by Gasteiger charge is -2.12. The SMILES string of the molecule is COc1c(C)cc(C)cc1CCNC(=O)C(=O)O. The minimum atomic E-state index is -1.47. The molecule has 0 atom stereocenters. The van der Waals surface area contributed by atoms with Gasteiger partial charge in [0.1, 0.15) is 5.75 Å². The topological polar surface area (TPSA) is 75.6 Å². The van der Waals surface area contributed by atoms with Gasteiger partial charge < -0.3 is 15.2 Å². The summed E-state index contributed by atoms with van der Waals surface area (Å²) >= 11 is 0. The lowest BCUT2D eigenvalue weighted by atomic mass is 10.0. The normalized spacial score (nSPS) is 9.94. The van der Waals surface area contributed by atoms with Gasteiger partial charge in [0.2, 0.25) is 0 Å². The molecule has 98 valence electrons. The quantitative estimate of drug-likeness (QED) is 0.784. The number of carbonyl (C=O) groups is 2. The number of carboxylic acid groups (broad SMARTS) is 1. The molecule has 0 aromatic heterocycles. The Morgan fingerprint density at radius 3 is 2.56 bits per heavy atom. The molecule has 0 aliphatic rings. The summed E-state index contributed by atoms with van der Waals surface area (Å²) in [5.74, 6) is -1.68. The lowest BCUT2D eigenvalue weighted by molar-refractivity contribution is -0.150. The summed E-state index contributed by atoms with van der Waals surface area (Å²) in [6, 6.07) is 3.98. The van der Waals surface area contributed by atoms with Gasteiger partial charge in [-0.1, -0.05) is 17.7 Å². The molecule has 0 fully saturated rings. The third-order valence-corrected chi connectivity index (χ3v) is 2.57. The maximum absolute atomic E-state index is 10.9. The minimum Gasteiger partial charge on any atom is -0.496 e. The number of benzene rings is 1. The van der Waals surface area contributed by atoms with Gasteiger partial charge in [-0.3, -0.25) is 4.79 Å². The van der Waals surface area contributed by atoms with Gasteiger partial charge in [0, 0.05) is 6.54 Å². The number of carbonyl (C=O) groups excluding carboxylic acids is 1. The molecule has 0 aliphatic heterocycles. The highest BCUT2D eigenvalue weighted by Crippen LogP contribution is 2.25. The molecule has 0 saturated heterocycles. The summed E-state index contributed by atoms with van der Waals surface area (Å²) in [6.45, 7) is 4.20. The fraction of sp³-hybridized carbons (Fsp3) is 0.385. The van der Waals surface area contributed by atoms with Crippen LogP contribution in [0.2, 0.25) is 0 Å². The molecule has 1 aromatic rings. The largest absolute Gasteiger partial charge is 0.496 e. The maximum Gasteiger partial charge on any atom is 0.394 e. The van der Waals surface area contributed by atoms with Crippen LogP contribution in [0.15, 0.2) is 12.1 Å². The molecule has 0 radical (unpaired) electrons. The van der Waals surface area contributed by atoms with Crippen molar-refractivity contribution >= 4 is 11.9 Å². The van der Waals surface area contributed by atoms with E-state index in [1.165, 1.54) is 0 Å². The zero-order valence-electron chi connectivity index (χ0n) is 10.7. The van der Waals surface area contributed by atoms with Gasteiger partial charge in [0.25, 0.3) is 0 Å². The van der Waals surface area contributed by atoms with Crippen molar-refractivity contribution in [2.24, 2.45) is 0 Å². The molecular weight excluding hydrogens is 234 g/mol. The van der Waals surface area contributed by atoms with Crippen LogP contribution in [-0.4, -0.2) is 30.6 Å². The number of hydrogen-bond donors (Lipinski definition) is 2. The fourth-order valence-corrected chi connectivity index (χ4v) is 1.91. The van der Waals surface area contributed by atoms with Crippen molar-refractivity contribution in [1.29, 1.82) is 0 Å². The molecule has 2 N–H and O–H groups in total. The molecule has 5 nitrogen and oxygen atoms in total. The Kier molecular flexibility index (Phi) is 4.71. The van der Waals surface area contributed by atoms with Crippen LogP contribution in [0.5, 0.6) is 5.75 Å². The number of ether oxygens (including phenoxy) is 1. The second kappa shape index (κ2) is 6.05. The molecule has 0 heterocycles. The van der Waals surface area contributed by atoms with E-state index in [1.807, 2.05) is 26.0 Å². The van der Waals surface area contributed by atoms with Crippen LogP contribution in [0.1, 0.15) is 16.7 Å². The molecule has 0 saturated carbocycles. The zero-order chi connectivity index (χ0) is 13.7. The molecule has 1 aromatic carbocycles. The van der Waals surface area contributed by atoms with Gasteiger partial charge in [-0.05, 0) is 31.4 Å². The fourth-order valence-electron chi connectivity index (χ4n) is 1.91. The van der Waals surface area contributed by atoms with E-state index in [2.05, 4.69) is 5.32 Å². The molecule has 0 aliphatic carbocycles. The lowest BCUT2D eigenvalue weighted by Crippen LogP contribution is -2.32. The number of aliphatic carboxylic acids is 1. The van der Waals surface area contributed by atoms with E-state index in [1.54, 1.807) is 7.11 Å². The van der Waals surface area contributed by atoms with Crippen LogP contribution in [0.4, 0.5) is 0 Å². The van der Waals surface area contributed by atoms with Crippen molar-refractivity contribution in [1.82, 2.24) is 5.32 Å². The first-order valence-electron chi connectivity index (χ1n) is 5.61. The Bertz CT molecular complexity index is 468. The average molecular weight is 251 g/mol. The second-order valence-electron chi connectivity index (χ2n) is 4.09. The number of amides is 1. The summed E-state index contributed by atoms with van der Waals surface area (Å²) in [7, 11) is 1.59. The molecule has 0 bridgehead atoms. The Morgan fingerprint density at radius 2 is 2.00 bits per heavy atom. The second-order valence-corrected chi connectivity index (χ2v) is 4.09. The summed E-state index contributed by atoms with van der Waals surface area (Å²) in [6.07, 6.45) is 0.532. The highest BCUT2D eigenvalue weighted by molar-refractivity contribution is 6.31. The van der Waals surface area contributed by atoms with Crippen molar-refractivity contribution in [2.75, 3.05) is 13.7 Å². The van der Waals surface area contributed by atoms with Crippen LogP contribution in [-0.2, 0) is 16.0 Å². The molecule has 18 heavy (non-hydrogen) atoms. The third-order valence-electron chi connectivity index (χ3n) is 2.57. The Morgan fingerprint density at radius 1 is 1.33 bits per heavy atom. The van der Waals surface area contributed by atoms with Gasteiger partial charge in [0.05, 0.1) is 7.11 Å². The Hall–Kier alpha value is -2.04. The number of methoxy groups -OCH3 is 1. The maximum atomic E-state index is 10.9. The monoisotopic (exact) mass is 251 g/mol. The van der Waals surface area contributed by atoms with E-state index in [-0.39, 0.29) is 6.54 Å². The average Bonchev–Trinajstić information content (AvgIpc) is 2.28. The Labute approximate surface area is 106 Å². The van der Waals surface area contributed by atoms with E-state index in [0.717, 1.165) is 22.4 Å². The van der Waals surface area contributed by atoms with Crippen molar-refractivity contribution in [3.05, 3.63) is 28.8 Å². The number of carboxylic acids is 1. The first-order chi connectivity index (χ1) is 8.45. The van der Waals surface area contributed by atoms with Crippen molar-refractivity contribution in [3.8, 4) is 5.75 Å². The Balaban J connectivity index is 2.72. The van der Waals surface area contributed by atoms with Crippen molar-refractivity contribution in [3.63, 3.8) is 0 Å². The number of hydrogen-bond acceptors (Lipinski definition) is 3. The van der Waals surface area contributed by atoms with Crippen LogP contribution in [0, 0.1) is 13.8 Å².